The summed E-state index contributed by atoms with van der Waals surface area (Å²) in [5.41, 5.74) is 0. The Balaban J connectivity index is -0.0000000202. The lowest BCUT2D eigenvalue weighted by atomic mass is 11.7. The number of rotatable bonds is 0. The monoisotopic (exact) mass is 113 g/mol. The molecule has 0 aliphatic carbocycles. The third kappa shape index (κ3) is 31.4. The van der Waals surface area contributed by atoms with Gasteiger partial charge in [-0.15, -0.1) is 0 Å². The lowest BCUT2D eigenvalue weighted by Crippen LogP contribution is -2.01. The number of carbonyl (C=O) groups excluding carboxylic acids is 2. The summed E-state index contributed by atoms with van der Waals surface area (Å²) in [4.78, 5) is 16.5. The van der Waals surface area contributed by atoms with Gasteiger partial charge in [0.2, 0.25) is 0 Å². The molecule has 5 heteroatoms. The Morgan fingerprint density at radius 1 is 1.43 bits per heavy atom. The summed E-state index contributed by atoms with van der Waals surface area (Å²) < 4.78 is 13.0. The van der Waals surface area contributed by atoms with E-state index in [-0.39, 0.29) is 1.43 Å². The molecule has 0 bridgehead atoms. The van der Waals surface area contributed by atoms with Crippen molar-refractivity contribution in [1.82, 2.24) is 0 Å². The predicted molar refractivity (Wildman–Crippen MR) is 16.7 cm³/mol. The van der Waals surface area contributed by atoms with Gasteiger partial charge in [-0.05, 0) is 0 Å². The van der Waals surface area contributed by atoms with Gasteiger partial charge in [0.05, 0.1) is 0 Å². The van der Waals surface area contributed by atoms with Crippen LogP contribution in [-0.4, -0.2) is 14.4 Å². The van der Waals surface area contributed by atoms with Crippen LogP contribution in [0.15, 0.2) is 0 Å². The van der Waals surface area contributed by atoms with Gasteiger partial charge in [-0.3, -0.25) is 4.72 Å². The molecule has 0 fully saturated rings. The first kappa shape index (κ1) is 9.30. The van der Waals surface area contributed by atoms with E-state index in [0.29, 0.717) is 0 Å². The van der Waals surface area contributed by atoms with Crippen LogP contribution in [0.3, 0.4) is 0 Å². The van der Waals surface area contributed by atoms with Crippen LogP contribution in [0.2, 0.25) is 0 Å². The van der Waals surface area contributed by atoms with E-state index in [1.54, 1.807) is 0 Å². The van der Waals surface area contributed by atoms with Crippen molar-refractivity contribution >= 4 is 12.9 Å². The molecule has 0 aliphatic heterocycles. The molecule has 7 heavy (non-hydrogen) atoms. The fourth-order valence-electron chi connectivity index (χ4n) is 0. The molecule has 0 atom stereocenters. The topological polar surface area (TPSA) is 80.3 Å². The Hall–Kier alpha value is -1.13. The molecular formula is C2H5FO4-2. The fraction of sp³-hybridized carbons (Fsp3) is 0. The molecule has 4 nitrogen and oxygen atoms in total. The van der Waals surface area contributed by atoms with Crippen LogP contribution in [0.4, 0.5) is 4.72 Å². The maximum atomic E-state index is 8.75. The van der Waals surface area contributed by atoms with Gasteiger partial charge in [-0.25, -0.2) is 0 Å². The number of hydrogen-bond donors (Lipinski definition) is 0. The first-order chi connectivity index (χ1) is 3.83. The minimum Gasteiger partial charge on any atom is -0.554 e. The molecule has 0 aromatic rings. The van der Waals surface area contributed by atoms with E-state index in [1.165, 1.54) is 0 Å². The van der Waals surface area contributed by atoms with Gasteiger partial charge in [0, 0.05) is 14.4 Å². The molecule has 0 heterocycles. The van der Waals surface area contributed by atoms with Crippen LogP contribution < -0.4 is 10.2 Å². The zero-order valence-corrected chi connectivity index (χ0v) is 3.17. The van der Waals surface area contributed by atoms with Gasteiger partial charge in [0.15, 0.2) is 0 Å². The average Bonchev–Trinajstić information content (AvgIpc) is 1.75. The molecule has 0 aromatic carbocycles. The van der Waals surface area contributed by atoms with E-state index in [9.17, 15) is 0 Å². The van der Waals surface area contributed by atoms with E-state index in [2.05, 4.69) is 1.45 Å². The number of carbonyl (C=O) groups is 2. The van der Waals surface area contributed by atoms with Crippen molar-refractivity contribution in [3.63, 3.8) is 0 Å². The lowest BCUT2D eigenvalue weighted by Gasteiger charge is -1.52. The highest BCUT2D eigenvalue weighted by molar-refractivity contribution is 5.29. The smallest absolute Gasteiger partial charge is 0.269 e. The predicted octanol–water partition coefficient (Wildman–Crippen LogP) is -2.87. The molecule has 0 saturated heterocycles. The standard InChI is InChI=1S/2CH2O2.FH.H2/c2*2-1-3;;/h2*1H,(H,2,3);2*1H/p-2/i/hD. The van der Waals surface area contributed by atoms with Crippen molar-refractivity contribution in [3.8, 4) is 0 Å². The molecule has 0 spiro atoms. The molecule has 0 aromatic heterocycles. The van der Waals surface area contributed by atoms with Crippen LogP contribution >= 0.6 is 0 Å². The summed E-state index contributed by atoms with van der Waals surface area (Å²) in [6.45, 7) is -1.00. The Bertz CT molecular complexity index is 37.5. The molecular weight excluding hydrogens is 107 g/mol. The molecule has 0 saturated carbocycles. The number of halogens is 1. The average molecular weight is 113 g/mol. The number of hydrogen-bond acceptors (Lipinski definition) is 4. The second-order valence-corrected chi connectivity index (χ2v) is 0.192. The summed E-state index contributed by atoms with van der Waals surface area (Å²) in [5, 5.41) is 16.5. The maximum absolute atomic E-state index is 8.75. The summed E-state index contributed by atoms with van der Waals surface area (Å²) in [6.07, 6.45) is 0. The second kappa shape index (κ2) is 96.4. The van der Waals surface area contributed by atoms with Crippen molar-refractivity contribution in [2.75, 3.05) is 0 Å². The van der Waals surface area contributed by atoms with Crippen LogP contribution in [0.1, 0.15) is 1.43 Å². The molecule has 0 N–H and O–H groups in total. The fourth-order valence-corrected chi connectivity index (χ4v) is 0. The van der Waals surface area contributed by atoms with Gasteiger partial charge < -0.3 is 19.8 Å². The van der Waals surface area contributed by atoms with E-state index >= 15 is 0 Å². The second-order valence-electron chi connectivity index (χ2n) is 0.192. The number of carboxylic acid groups (broad SMARTS) is 2. The third-order valence-electron chi connectivity index (χ3n) is 0. The first-order valence-corrected chi connectivity index (χ1v) is 0.943. The van der Waals surface area contributed by atoms with Crippen LogP contribution in [0.25, 0.3) is 0 Å². The highest BCUT2D eigenvalue weighted by Gasteiger charge is 0.999. The molecule has 46 valence electrons. The summed E-state index contributed by atoms with van der Waals surface area (Å²) in [5.74, 6) is 0. The Kier molecular flexibility index (Phi) is 128. The van der Waals surface area contributed by atoms with Crippen LogP contribution in [-0.2, 0) is 9.59 Å². The van der Waals surface area contributed by atoms with Gasteiger partial charge in [-0.2, -0.15) is 0 Å². The molecule has 0 aliphatic rings. The maximum Gasteiger partial charge on any atom is 0.269 e. The van der Waals surface area contributed by atoms with Gasteiger partial charge >= 0.3 is 0 Å². The van der Waals surface area contributed by atoms with E-state index in [0.717, 1.165) is 0 Å². The van der Waals surface area contributed by atoms with Crippen LogP contribution in [0, 0.1) is 0 Å². The normalized spacial score (nSPS) is 4.43. The molecule has 0 radical (unpaired) electrons. The Labute approximate surface area is 41.8 Å². The highest BCUT2D eigenvalue weighted by atomic mass is 19.0. The quantitative estimate of drug-likeness (QED) is 0.316. The largest absolute Gasteiger partial charge is 0.554 e. The first-order valence-electron chi connectivity index (χ1n) is 1.32. The highest BCUT2D eigenvalue weighted by Crippen LogP contribution is 0.757. The SMILES string of the molecule is O=C[O-].O=C[O-].[2H]F.[HH]. The van der Waals surface area contributed by atoms with E-state index < -0.39 is 12.9 Å². The summed E-state index contributed by atoms with van der Waals surface area (Å²) >= 11 is 0. The van der Waals surface area contributed by atoms with Gasteiger partial charge in [-0.1, -0.05) is 0 Å². The van der Waals surface area contributed by atoms with Crippen molar-refractivity contribution in [2.45, 2.75) is 0 Å². The lowest BCUT2D eigenvalue weighted by molar-refractivity contribution is -0.284. The zero-order chi connectivity index (χ0) is 7.41. The van der Waals surface area contributed by atoms with Crippen molar-refractivity contribution in [1.29, 1.82) is 1.45 Å². The molecule has 0 rings (SSSR count). The Morgan fingerprint density at radius 3 is 1.43 bits per heavy atom. The third-order valence-corrected chi connectivity index (χ3v) is 0. The zero-order valence-electron chi connectivity index (χ0n) is 4.17. The van der Waals surface area contributed by atoms with Crippen molar-refractivity contribution < 1.29 is 25.9 Å². The minimum atomic E-state index is -0.500. The van der Waals surface area contributed by atoms with Crippen LogP contribution in [0.5, 0.6) is 0 Å². The van der Waals surface area contributed by atoms with Gasteiger partial charge in [0.25, 0.3) is 1.45 Å². The summed E-state index contributed by atoms with van der Waals surface area (Å²) in [6, 6.07) is 0. The van der Waals surface area contributed by atoms with Gasteiger partial charge in [0.1, 0.15) is 0 Å². The van der Waals surface area contributed by atoms with E-state index in [1.807, 2.05) is 0 Å². The van der Waals surface area contributed by atoms with Crippen molar-refractivity contribution in [2.24, 2.45) is 0 Å². The minimum absolute atomic E-state index is 0. The molecule has 0 amide bonds. The van der Waals surface area contributed by atoms with E-state index in [4.69, 9.17) is 24.5 Å². The molecule has 0 unspecified atom stereocenters. The Morgan fingerprint density at radius 2 is 1.43 bits per heavy atom. The summed E-state index contributed by atoms with van der Waals surface area (Å²) in [7, 11) is 0. The van der Waals surface area contributed by atoms with Crippen molar-refractivity contribution in [3.05, 3.63) is 0 Å².